The summed E-state index contributed by atoms with van der Waals surface area (Å²) < 4.78 is 0. The lowest BCUT2D eigenvalue weighted by Gasteiger charge is -2.21. The Morgan fingerprint density at radius 2 is 1.91 bits per heavy atom. The van der Waals surface area contributed by atoms with Gasteiger partial charge < -0.3 is 5.43 Å². The highest BCUT2D eigenvalue weighted by Crippen LogP contribution is 2.21. The Balaban J connectivity index is 4.40. The normalized spacial score (nSPS) is 14.1. The first-order valence-electron chi connectivity index (χ1n) is 3.82. The number of nitrogens with one attached hydrogen (secondary N) is 1. The number of rotatable bonds is 2. The zero-order valence-electron chi connectivity index (χ0n) is 7.81. The van der Waals surface area contributed by atoms with Crippen LogP contribution in [0, 0.1) is 5.41 Å². The first-order chi connectivity index (χ1) is 5.02. The lowest BCUT2D eigenvalue weighted by Crippen LogP contribution is -2.29. The third-order valence-electron chi connectivity index (χ3n) is 1.42. The van der Waals surface area contributed by atoms with E-state index in [0.717, 1.165) is 5.70 Å². The highest BCUT2D eigenvalue weighted by atomic mass is 15.2. The molecule has 0 aromatic heterocycles. The van der Waals surface area contributed by atoms with Crippen LogP contribution in [-0.2, 0) is 0 Å². The molecule has 0 saturated heterocycles. The van der Waals surface area contributed by atoms with Gasteiger partial charge in [0.2, 0.25) is 0 Å². The molecular formula is C9H18N2. The quantitative estimate of drug-likeness (QED) is 0.362. The maximum Gasteiger partial charge on any atom is 0.0312 e. The number of nitrogens with two attached hydrogens (primary N) is 1. The van der Waals surface area contributed by atoms with Gasteiger partial charge in [0.15, 0.2) is 0 Å². The molecule has 0 heterocycles. The topological polar surface area (TPSA) is 38.0 Å². The average molecular weight is 154 g/mol. The van der Waals surface area contributed by atoms with Crippen LogP contribution in [0.2, 0.25) is 0 Å². The van der Waals surface area contributed by atoms with Crippen LogP contribution in [0.1, 0.15) is 27.7 Å². The van der Waals surface area contributed by atoms with Crippen molar-refractivity contribution < 1.29 is 0 Å². The van der Waals surface area contributed by atoms with E-state index in [1.54, 1.807) is 0 Å². The lowest BCUT2D eigenvalue weighted by molar-refractivity contribution is 0.464. The van der Waals surface area contributed by atoms with E-state index in [2.05, 4.69) is 26.2 Å². The fraction of sp³-hybridized carbons (Fsp3) is 0.556. The third-order valence-corrected chi connectivity index (χ3v) is 1.42. The zero-order valence-corrected chi connectivity index (χ0v) is 7.81. The lowest BCUT2D eigenvalue weighted by atomic mass is 9.92. The minimum atomic E-state index is 0.0915. The molecule has 0 aromatic carbocycles. The summed E-state index contributed by atoms with van der Waals surface area (Å²) in [5.74, 6) is 5.35. The first-order valence-corrected chi connectivity index (χ1v) is 3.82. The van der Waals surface area contributed by atoms with Crippen molar-refractivity contribution in [1.82, 2.24) is 5.43 Å². The van der Waals surface area contributed by atoms with Crippen LogP contribution in [0.3, 0.4) is 0 Å². The summed E-state index contributed by atoms with van der Waals surface area (Å²) in [6.07, 6.45) is 5.93. The van der Waals surface area contributed by atoms with Crippen molar-refractivity contribution in [2.75, 3.05) is 0 Å². The van der Waals surface area contributed by atoms with Crippen molar-refractivity contribution >= 4 is 0 Å². The van der Waals surface area contributed by atoms with Gasteiger partial charge in [-0.2, -0.15) is 0 Å². The zero-order chi connectivity index (χ0) is 8.91. The van der Waals surface area contributed by atoms with E-state index in [0.29, 0.717) is 0 Å². The maximum atomic E-state index is 5.35. The molecule has 0 bridgehead atoms. The van der Waals surface area contributed by atoms with Crippen LogP contribution in [0.25, 0.3) is 0 Å². The summed E-state index contributed by atoms with van der Waals surface area (Å²) in [6, 6.07) is 0. The van der Waals surface area contributed by atoms with Gasteiger partial charge >= 0.3 is 0 Å². The molecule has 11 heavy (non-hydrogen) atoms. The second kappa shape index (κ2) is 4.19. The second-order valence-corrected chi connectivity index (χ2v) is 3.50. The molecule has 64 valence electrons. The predicted octanol–water partition coefficient (Wildman–Crippen LogP) is 1.96. The Kier molecular flexibility index (Phi) is 3.90. The highest BCUT2D eigenvalue weighted by Gasteiger charge is 2.14. The predicted molar refractivity (Wildman–Crippen MR) is 49.7 cm³/mol. The van der Waals surface area contributed by atoms with Gasteiger partial charge in [-0.15, -0.1) is 0 Å². The molecule has 0 rings (SSSR count). The van der Waals surface area contributed by atoms with E-state index in [1.165, 1.54) is 0 Å². The fourth-order valence-corrected chi connectivity index (χ4v) is 0.707. The molecule has 0 radical (unpaired) electrons. The van der Waals surface area contributed by atoms with E-state index in [9.17, 15) is 0 Å². The molecule has 0 aliphatic rings. The number of hydrazine groups is 1. The van der Waals surface area contributed by atoms with Crippen molar-refractivity contribution in [3.63, 3.8) is 0 Å². The maximum absolute atomic E-state index is 5.35. The van der Waals surface area contributed by atoms with Gasteiger partial charge in [-0.1, -0.05) is 32.9 Å². The van der Waals surface area contributed by atoms with Crippen LogP contribution >= 0.6 is 0 Å². The van der Waals surface area contributed by atoms with Crippen LogP contribution in [0.4, 0.5) is 0 Å². The van der Waals surface area contributed by atoms with Gasteiger partial charge in [0.05, 0.1) is 0 Å². The summed E-state index contributed by atoms with van der Waals surface area (Å²) in [7, 11) is 0. The standard InChI is InChI=1S/C9H18N2/c1-5-6-7-8(11-10)9(2,3)4/h5-7,11H,10H2,1-4H3/b6-5-,8-7-. The van der Waals surface area contributed by atoms with E-state index in [4.69, 9.17) is 5.84 Å². The molecular weight excluding hydrogens is 136 g/mol. The molecule has 0 saturated carbocycles. The monoisotopic (exact) mass is 154 g/mol. The van der Waals surface area contributed by atoms with Crippen LogP contribution in [0.15, 0.2) is 23.9 Å². The summed E-state index contributed by atoms with van der Waals surface area (Å²) in [6.45, 7) is 8.32. The van der Waals surface area contributed by atoms with Crippen molar-refractivity contribution in [3.05, 3.63) is 23.9 Å². The Hall–Kier alpha value is -0.760. The van der Waals surface area contributed by atoms with Gasteiger partial charge in [-0.3, -0.25) is 5.84 Å². The van der Waals surface area contributed by atoms with E-state index >= 15 is 0 Å². The molecule has 0 atom stereocenters. The fourth-order valence-electron chi connectivity index (χ4n) is 0.707. The second-order valence-electron chi connectivity index (χ2n) is 3.50. The molecule has 0 aromatic rings. The first kappa shape index (κ1) is 10.2. The smallest absolute Gasteiger partial charge is 0.0312 e. The molecule has 0 amide bonds. The van der Waals surface area contributed by atoms with E-state index < -0.39 is 0 Å². The largest absolute Gasteiger partial charge is 0.328 e. The molecule has 0 aliphatic carbocycles. The molecule has 0 aliphatic heterocycles. The van der Waals surface area contributed by atoms with Crippen LogP contribution in [0.5, 0.6) is 0 Å². The molecule has 2 heteroatoms. The average Bonchev–Trinajstić information content (AvgIpc) is 1.87. The Morgan fingerprint density at radius 3 is 2.18 bits per heavy atom. The van der Waals surface area contributed by atoms with E-state index in [1.807, 2.05) is 25.2 Å². The molecule has 3 N–H and O–H groups in total. The van der Waals surface area contributed by atoms with Gasteiger partial charge in [0, 0.05) is 11.1 Å². The molecule has 2 nitrogen and oxygen atoms in total. The SMILES string of the molecule is C/C=C\C=C(/NN)C(C)(C)C. The van der Waals surface area contributed by atoms with Crippen molar-refractivity contribution in [2.24, 2.45) is 11.3 Å². The summed E-state index contributed by atoms with van der Waals surface area (Å²) in [5, 5.41) is 0. The molecule has 0 spiro atoms. The van der Waals surface area contributed by atoms with Gasteiger partial charge in [-0.05, 0) is 13.0 Å². The number of hydrogen-bond donors (Lipinski definition) is 2. The molecule has 0 unspecified atom stereocenters. The Morgan fingerprint density at radius 1 is 1.36 bits per heavy atom. The Labute approximate surface area is 69.1 Å². The summed E-state index contributed by atoms with van der Waals surface area (Å²) >= 11 is 0. The van der Waals surface area contributed by atoms with Gasteiger partial charge in [-0.25, -0.2) is 0 Å². The van der Waals surface area contributed by atoms with Crippen molar-refractivity contribution in [3.8, 4) is 0 Å². The van der Waals surface area contributed by atoms with Crippen LogP contribution in [-0.4, -0.2) is 0 Å². The number of allylic oxidation sites excluding steroid dienone is 4. The highest BCUT2D eigenvalue weighted by molar-refractivity contribution is 5.15. The third kappa shape index (κ3) is 3.83. The minimum absolute atomic E-state index is 0.0915. The summed E-state index contributed by atoms with van der Waals surface area (Å²) in [4.78, 5) is 0. The van der Waals surface area contributed by atoms with Crippen LogP contribution < -0.4 is 11.3 Å². The molecule has 0 fully saturated rings. The Bertz CT molecular complexity index is 161. The van der Waals surface area contributed by atoms with Gasteiger partial charge in [0.1, 0.15) is 0 Å². The number of hydrogen-bond acceptors (Lipinski definition) is 2. The van der Waals surface area contributed by atoms with Crippen molar-refractivity contribution in [2.45, 2.75) is 27.7 Å². The minimum Gasteiger partial charge on any atom is -0.328 e. The van der Waals surface area contributed by atoms with Crippen molar-refractivity contribution in [1.29, 1.82) is 0 Å². The van der Waals surface area contributed by atoms with E-state index in [-0.39, 0.29) is 5.41 Å². The summed E-state index contributed by atoms with van der Waals surface area (Å²) in [5.41, 5.74) is 3.82. The van der Waals surface area contributed by atoms with Gasteiger partial charge in [0.25, 0.3) is 0 Å².